The highest BCUT2D eigenvalue weighted by molar-refractivity contribution is 5.95. The molecule has 0 saturated carbocycles. The number of amides is 1. The van der Waals surface area contributed by atoms with Crippen LogP contribution in [0.2, 0.25) is 0 Å². The Morgan fingerprint density at radius 3 is 2.14 bits per heavy atom. The third-order valence-electron chi connectivity index (χ3n) is 9.31. The van der Waals surface area contributed by atoms with Gasteiger partial charge >= 0.3 is 0 Å². The van der Waals surface area contributed by atoms with E-state index >= 15 is 0 Å². The molecule has 2 aliphatic rings. The topological polar surface area (TPSA) is 49.3 Å². The number of carbonyl (C=O) groups excluding carboxylic acids is 1. The molecule has 224 valence electrons. The molecule has 2 atom stereocenters. The van der Waals surface area contributed by atoms with Crippen LogP contribution >= 0.6 is 0 Å². The van der Waals surface area contributed by atoms with Gasteiger partial charge in [-0.25, -0.2) is 9.97 Å². The molecule has 1 amide bonds. The minimum absolute atomic E-state index is 0.0978. The SMILES string of the molecule is CC(C)(C)c1cccc(-c2ccc(C(=O)N3CCCCCCCCCCC4CCC3CN(c3ncccn3)C4)cc2)c1. The molecule has 2 saturated heterocycles. The van der Waals surface area contributed by atoms with E-state index in [0.717, 1.165) is 56.0 Å². The minimum atomic E-state index is 0.0978. The van der Waals surface area contributed by atoms with Crippen LogP contribution in [0.1, 0.15) is 107 Å². The number of aromatic nitrogens is 2. The molecule has 3 aromatic rings. The lowest BCUT2D eigenvalue weighted by Gasteiger charge is -2.34. The van der Waals surface area contributed by atoms with Crippen molar-refractivity contribution in [1.29, 1.82) is 0 Å². The fourth-order valence-electron chi connectivity index (χ4n) is 6.72. The Morgan fingerprint density at radius 1 is 0.738 bits per heavy atom. The van der Waals surface area contributed by atoms with Gasteiger partial charge in [0.05, 0.1) is 0 Å². The maximum atomic E-state index is 14.2. The van der Waals surface area contributed by atoms with Crippen molar-refractivity contribution < 1.29 is 4.79 Å². The lowest BCUT2D eigenvalue weighted by atomic mass is 9.85. The van der Waals surface area contributed by atoms with Crippen LogP contribution in [0.25, 0.3) is 11.1 Å². The highest BCUT2D eigenvalue weighted by Crippen LogP contribution is 2.30. The largest absolute Gasteiger partial charge is 0.338 e. The van der Waals surface area contributed by atoms with E-state index in [1.807, 2.05) is 30.6 Å². The second-order valence-electron chi connectivity index (χ2n) is 13.6. The monoisotopic (exact) mass is 566 g/mol. The van der Waals surface area contributed by atoms with E-state index in [1.54, 1.807) is 0 Å². The maximum absolute atomic E-state index is 14.2. The normalized spacial score (nSPS) is 21.3. The number of anilines is 1. The Morgan fingerprint density at radius 2 is 1.43 bits per heavy atom. The average Bonchev–Trinajstić information content (AvgIpc) is 3.22. The Kier molecular flexibility index (Phi) is 10.3. The quantitative estimate of drug-likeness (QED) is 0.318. The number of hydrogen-bond acceptors (Lipinski definition) is 4. The fraction of sp³-hybridized carbons (Fsp3) is 0.541. The molecular formula is C37H50N4O. The van der Waals surface area contributed by atoms with Gasteiger partial charge in [0, 0.05) is 43.6 Å². The summed E-state index contributed by atoms with van der Waals surface area (Å²) in [6, 6.07) is 19.1. The highest BCUT2D eigenvalue weighted by Gasteiger charge is 2.32. The van der Waals surface area contributed by atoms with Crippen LogP contribution < -0.4 is 4.90 Å². The summed E-state index contributed by atoms with van der Waals surface area (Å²) in [6.07, 6.45) is 17.3. The summed E-state index contributed by atoms with van der Waals surface area (Å²) < 4.78 is 0. The summed E-state index contributed by atoms with van der Waals surface area (Å²) in [6.45, 7) is 9.33. The molecule has 5 rings (SSSR count). The van der Waals surface area contributed by atoms with Gasteiger partial charge in [0.2, 0.25) is 5.95 Å². The van der Waals surface area contributed by atoms with Gasteiger partial charge in [0.1, 0.15) is 0 Å². The van der Waals surface area contributed by atoms with E-state index < -0.39 is 0 Å². The first-order valence-electron chi connectivity index (χ1n) is 16.4. The lowest BCUT2D eigenvalue weighted by molar-refractivity contribution is 0.0669. The van der Waals surface area contributed by atoms with Gasteiger partial charge < -0.3 is 9.80 Å². The molecule has 2 unspecified atom stereocenters. The molecule has 2 aromatic carbocycles. The minimum Gasteiger partial charge on any atom is -0.338 e. The first-order chi connectivity index (χ1) is 20.4. The summed E-state index contributed by atoms with van der Waals surface area (Å²) in [5.74, 6) is 1.57. The van der Waals surface area contributed by atoms with Gasteiger partial charge in [0.15, 0.2) is 0 Å². The van der Waals surface area contributed by atoms with E-state index in [4.69, 9.17) is 0 Å². The number of fused-ring (bicyclic) bond motifs is 3. The highest BCUT2D eigenvalue weighted by atomic mass is 16.2. The first-order valence-corrected chi connectivity index (χ1v) is 16.4. The van der Waals surface area contributed by atoms with Crippen molar-refractivity contribution in [3.63, 3.8) is 0 Å². The number of carbonyl (C=O) groups is 1. The van der Waals surface area contributed by atoms with Crippen LogP contribution in [-0.4, -0.2) is 46.5 Å². The van der Waals surface area contributed by atoms with Gasteiger partial charge in [-0.3, -0.25) is 4.79 Å². The number of benzene rings is 2. The second kappa shape index (κ2) is 14.3. The Labute approximate surface area is 253 Å². The molecule has 2 aliphatic heterocycles. The van der Waals surface area contributed by atoms with E-state index in [2.05, 4.69) is 76.9 Å². The molecule has 0 N–H and O–H groups in total. The number of rotatable bonds is 3. The third-order valence-corrected chi connectivity index (χ3v) is 9.31. The zero-order valence-corrected chi connectivity index (χ0v) is 26.1. The summed E-state index contributed by atoms with van der Waals surface area (Å²) in [4.78, 5) is 28.1. The zero-order valence-electron chi connectivity index (χ0n) is 26.1. The van der Waals surface area contributed by atoms with Crippen molar-refractivity contribution in [2.45, 2.75) is 103 Å². The Balaban J connectivity index is 1.40. The molecule has 5 heteroatoms. The maximum Gasteiger partial charge on any atom is 0.254 e. The van der Waals surface area contributed by atoms with Gasteiger partial charge in [-0.2, -0.15) is 0 Å². The van der Waals surface area contributed by atoms with Gasteiger partial charge in [-0.1, -0.05) is 102 Å². The molecule has 2 bridgehead atoms. The summed E-state index contributed by atoms with van der Waals surface area (Å²) in [5, 5.41) is 0. The Hall–Kier alpha value is -3.21. The van der Waals surface area contributed by atoms with Crippen molar-refractivity contribution in [3.05, 3.63) is 78.1 Å². The smallest absolute Gasteiger partial charge is 0.254 e. The van der Waals surface area contributed by atoms with Gasteiger partial charge in [-0.05, 0) is 71.9 Å². The molecule has 0 radical (unpaired) electrons. The van der Waals surface area contributed by atoms with Crippen LogP contribution in [0.15, 0.2) is 67.0 Å². The van der Waals surface area contributed by atoms with E-state index in [1.165, 1.54) is 62.5 Å². The second-order valence-corrected chi connectivity index (χ2v) is 13.6. The molecule has 3 heterocycles. The molecule has 42 heavy (non-hydrogen) atoms. The van der Waals surface area contributed by atoms with E-state index in [9.17, 15) is 4.79 Å². The van der Waals surface area contributed by atoms with Crippen molar-refractivity contribution in [2.24, 2.45) is 5.92 Å². The van der Waals surface area contributed by atoms with Crippen LogP contribution in [-0.2, 0) is 5.41 Å². The van der Waals surface area contributed by atoms with Crippen LogP contribution in [0.3, 0.4) is 0 Å². The Bertz CT molecular complexity index is 1270. The van der Waals surface area contributed by atoms with Crippen molar-refractivity contribution in [2.75, 3.05) is 24.5 Å². The first kappa shape index (κ1) is 30.3. The average molecular weight is 567 g/mol. The lowest BCUT2D eigenvalue weighted by Crippen LogP contribution is -2.47. The van der Waals surface area contributed by atoms with Crippen molar-refractivity contribution >= 4 is 11.9 Å². The van der Waals surface area contributed by atoms with Crippen molar-refractivity contribution in [1.82, 2.24) is 14.9 Å². The summed E-state index contributed by atoms with van der Waals surface area (Å²) in [5.41, 5.74) is 4.55. The van der Waals surface area contributed by atoms with E-state index in [-0.39, 0.29) is 17.4 Å². The predicted molar refractivity (Wildman–Crippen MR) is 174 cm³/mol. The summed E-state index contributed by atoms with van der Waals surface area (Å²) in [7, 11) is 0. The predicted octanol–water partition coefficient (Wildman–Crippen LogP) is 8.69. The third kappa shape index (κ3) is 7.99. The van der Waals surface area contributed by atoms with E-state index in [0.29, 0.717) is 5.92 Å². The summed E-state index contributed by atoms with van der Waals surface area (Å²) >= 11 is 0. The molecule has 0 aliphatic carbocycles. The van der Waals surface area contributed by atoms with Crippen LogP contribution in [0, 0.1) is 5.92 Å². The molecule has 2 fully saturated rings. The van der Waals surface area contributed by atoms with Crippen LogP contribution in [0.5, 0.6) is 0 Å². The number of nitrogens with zero attached hydrogens (tertiary/aromatic N) is 4. The molecule has 1 aromatic heterocycles. The van der Waals surface area contributed by atoms with Gasteiger partial charge in [-0.15, -0.1) is 0 Å². The zero-order chi connectivity index (χ0) is 29.4. The molecule has 5 nitrogen and oxygen atoms in total. The fourth-order valence-corrected chi connectivity index (χ4v) is 6.72. The van der Waals surface area contributed by atoms with Crippen molar-refractivity contribution in [3.8, 4) is 11.1 Å². The molecule has 0 spiro atoms. The molecular weight excluding hydrogens is 516 g/mol. The standard InChI is InChI=1S/C37H50N4O/c1-37(2,3)33-16-12-15-32(26-33)30-18-20-31(21-19-30)35(42)41-25-11-9-7-5-4-6-8-10-14-29-17-22-34(41)28-40(27-29)36-38-23-13-24-39-36/h12-13,15-16,18-21,23-24,26,29,34H,4-11,14,17,22,25,27-28H2,1-3H3. The van der Waals surface area contributed by atoms with Crippen LogP contribution in [0.4, 0.5) is 5.95 Å². The number of hydrogen-bond donors (Lipinski definition) is 0. The van der Waals surface area contributed by atoms with Gasteiger partial charge in [0.25, 0.3) is 5.91 Å².